The molecule has 10 heteroatoms. The summed E-state index contributed by atoms with van der Waals surface area (Å²) in [6, 6.07) is 3.06. The van der Waals surface area contributed by atoms with Crippen LogP contribution in [0, 0.1) is 0 Å². The normalized spacial score (nSPS) is 10.3. The van der Waals surface area contributed by atoms with Crippen molar-refractivity contribution in [1.82, 2.24) is 0 Å². The highest BCUT2D eigenvalue weighted by Gasteiger charge is 2.20. The van der Waals surface area contributed by atoms with Crippen molar-refractivity contribution in [1.29, 1.82) is 0 Å². The van der Waals surface area contributed by atoms with E-state index in [1.54, 1.807) is 0 Å². The molecule has 1 amide bonds. The molecule has 2 aromatic carbocycles. The molecule has 0 unspecified atom stereocenters. The summed E-state index contributed by atoms with van der Waals surface area (Å²) in [5, 5.41) is 41.3. The van der Waals surface area contributed by atoms with Crippen LogP contribution in [0.2, 0.25) is 5.02 Å². The number of hydrogen-bond acceptors (Lipinski definition) is 8. The molecule has 0 saturated carbocycles. The van der Waals surface area contributed by atoms with Crippen LogP contribution in [0.5, 0.6) is 28.7 Å². The number of carbonyl (C=O) groups excluding carboxylic acids is 2. The fraction of sp³-hybridized carbons (Fsp3) is 0.176. The van der Waals surface area contributed by atoms with Crippen LogP contribution in [0.25, 0.3) is 0 Å². The van der Waals surface area contributed by atoms with Crippen LogP contribution in [-0.2, 0) is 16.0 Å². The first-order chi connectivity index (χ1) is 12.8. The second-order valence-electron chi connectivity index (χ2n) is 5.27. The van der Waals surface area contributed by atoms with Crippen LogP contribution in [0.15, 0.2) is 18.2 Å². The highest BCUT2D eigenvalue weighted by Crippen LogP contribution is 2.42. The number of benzene rings is 2. The number of anilines is 1. The van der Waals surface area contributed by atoms with E-state index in [-0.39, 0.29) is 52.1 Å². The Morgan fingerprint density at radius 3 is 2.48 bits per heavy atom. The van der Waals surface area contributed by atoms with Crippen LogP contribution in [0.3, 0.4) is 0 Å². The molecule has 9 nitrogen and oxygen atoms in total. The van der Waals surface area contributed by atoms with Gasteiger partial charge in [0.05, 0.1) is 24.4 Å². The van der Waals surface area contributed by atoms with E-state index in [1.807, 2.05) is 0 Å². The van der Waals surface area contributed by atoms with Gasteiger partial charge in [-0.25, -0.2) is 4.79 Å². The summed E-state index contributed by atoms with van der Waals surface area (Å²) in [5.74, 6) is -2.56. The van der Waals surface area contributed by atoms with Gasteiger partial charge in [-0.2, -0.15) is 0 Å². The number of nitrogens with one attached hydrogen (secondary N) is 1. The Hall–Kier alpha value is -3.33. The number of phenolic OH excluding ortho intramolecular Hbond substituents is 4. The van der Waals surface area contributed by atoms with Gasteiger partial charge in [0.15, 0.2) is 11.5 Å². The standard InChI is InChI=1S/C17H16ClNO8/c1-26-16-8(15(24)11(19-7-20)5-14(16)23)2-3-27-17(25)9-4-10(18)13(22)6-12(9)21/h4-7,21-24H,2-3H2,1H3,(H,19,20). The molecule has 0 aliphatic carbocycles. The molecular weight excluding hydrogens is 382 g/mol. The zero-order chi connectivity index (χ0) is 20.1. The SMILES string of the molecule is COc1c(O)cc(NC=O)c(O)c1CCOC(=O)c1cc(Cl)c(O)cc1O. The number of phenols is 4. The molecule has 0 aromatic heterocycles. The summed E-state index contributed by atoms with van der Waals surface area (Å²) >= 11 is 5.70. The van der Waals surface area contributed by atoms with E-state index in [4.69, 9.17) is 21.1 Å². The smallest absolute Gasteiger partial charge is 0.341 e. The van der Waals surface area contributed by atoms with Crippen molar-refractivity contribution in [3.63, 3.8) is 0 Å². The highest BCUT2D eigenvalue weighted by atomic mass is 35.5. The lowest BCUT2D eigenvalue weighted by Crippen LogP contribution is -2.09. The van der Waals surface area contributed by atoms with E-state index in [0.717, 1.165) is 18.2 Å². The number of methoxy groups -OCH3 is 1. The highest BCUT2D eigenvalue weighted by molar-refractivity contribution is 6.32. The molecule has 27 heavy (non-hydrogen) atoms. The van der Waals surface area contributed by atoms with Crippen molar-refractivity contribution in [2.24, 2.45) is 0 Å². The van der Waals surface area contributed by atoms with E-state index < -0.39 is 17.5 Å². The van der Waals surface area contributed by atoms with Gasteiger partial charge in [-0.15, -0.1) is 0 Å². The molecule has 0 radical (unpaired) electrons. The number of ether oxygens (including phenoxy) is 2. The maximum Gasteiger partial charge on any atom is 0.341 e. The lowest BCUT2D eigenvalue weighted by molar-refractivity contribution is -0.105. The maximum atomic E-state index is 12.1. The molecule has 0 heterocycles. The van der Waals surface area contributed by atoms with Gasteiger partial charge in [0.25, 0.3) is 0 Å². The molecule has 0 aliphatic heterocycles. The number of halogens is 1. The van der Waals surface area contributed by atoms with Crippen LogP contribution in [0.4, 0.5) is 5.69 Å². The number of amides is 1. The van der Waals surface area contributed by atoms with Gasteiger partial charge in [0, 0.05) is 24.1 Å². The first-order valence-electron chi connectivity index (χ1n) is 7.50. The van der Waals surface area contributed by atoms with Crippen molar-refractivity contribution in [3.05, 3.63) is 34.3 Å². The monoisotopic (exact) mass is 397 g/mol. The third-order valence-electron chi connectivity index (χ3n) is 3.62. The van der Waals surface area contributed by atoms with Gasteiger partial charge in [-0.3, -0.25) is 4.79 Å². The third kappa shape index (κ3) is 4.26. The Morgan fingerprint density at radius 2 is 1.85 bits per heavy atom. The molecule has 2 aromatic rings. The van der Waals surface area contributed by atoms with E-state index in [1.165, 1.54) is 7.11 Å². The molecule has 2 rings (SSSR count). The zero-order valence-corrected chi connectivity index (χ0v) is 14.8. The van der Waals surface area contributed by atoms with E-state index in [9.17, 15) is 30.0 Å². The topological polar surface area (TPSA) is 146 Å². The van der Waals surface area contributed by atoms with Crippen LogP contribution in [-0.4, -0.2) is 46.5 Å². The molecule has 0 atom stereocenters. The average molecular weight is 398 g/mol. The summed E-state index contributed by atoms with van der Waals surface area (Å²) in [5.41, 5.74) is -0.205. The number of aromatic hydroxyl groups is 4. The summed E-state index contributed by atoms with van der Waals surface area (Å²) in [6.45, 7) is -0.259. The first kappa shape index (κ1) is 20.0. The average Bonchev–Trinajstić information content (AvgIpc) is 2.62. The van der Waals surface area contributed by atoms with Crippen molar-refractivity contribution in [3.8, 4) is 28.7 Å². The first-order valence-corrected chi connectivity index (χ1v) is 7.88. The Kier molecular flexibility index (Phi) is 6.19. The van der Waals surface area contributed by atoms with Gasteiger partial charge in [0.1, 0.15) is 22.8 Å². The van der Waals surface area contributed by atoms with Crippen molar-refractivity contribution in [2.75, 3.05) is 19.0 Å². The second-order valence-corrected chi connectivity index (χ2v) is 5.68. The van der Waals surface area contributed by atoms with Crippen LogP contribution >= 0.6 is 11.6 Å². The number of hydrogen-bond donors (Lipinski definition) is 5. The maximum absolute atomic E-state index is 12.1. The Morgan fingerprint density at radius 1 is 1.15 bits per heavy atom. The lowest BCUT2D eigenvalue weighted by Gasteiger charge is -2.15. The summed E-state index contributed by atoms with van der Waals surface area (Å²) < 4.78 is 10.1. The molecule has 0 fully saturated rings. The Bertz CT molecular complexity index is 884. The molecule has 5 N–H and O–H groups in total. The molecule has 0 saturated heterocycles. The van der Waals surface area contributed by atoms with Crippen molar-refractivity contribution in [2.45, 2.75) is 6.42 Å². The Balaban J connectivity index is 2.18. The predicted octanol–water partition coefficient (Wildman–Crippen LogP) is 2.14. The number of esters is 1. The van der Waals surface area contributed by atoms with Gasteiger partial charge in [0.2, 0.25) is 6.41 Å². The van der Waals surface area contributed by atoms with Gasteiger partial charge < -0.3 is 35.2 Å². The lowest BCUT2D eigenvalue weighted by atomic mass is 10.1. The largest absolute Gasteiger partial charge is 0.507 e. The fourth-order valence-electron chi connectivity index (χ4n) is 2.37. The minimum atomic E-state index is -0.917. The molecule has 144 valence electrons. The summed E-state index contributed by atoms with van der Waals surface area (Å²) in [6.07, 6.45) is 0.247. The van der Waals surface area contributed by atoms with Gasteiger partial charge in [-0.1, -0.05) is 11.6 Å². The van der Waals surface area contributed by atoms with Crippen LogP contribution < -0.4 is 10.1 Å². The van der Waals surface area contributed by atoms with Gasteiger partial charge in [-0.05, 0) is 6.07 Å². The number of rotatable bonds is 7. The third-order valence-corrected chi connectivity index (χ3v) is 3.92. The molecule has 0 bridgehead atoms. The molecular formula is C17H16ClNO8. The minimum Gasteiger partial charge on any atom is -0.507 e. The summed E-state index contributed by atoms with van der Waals surface area (Å²) in [7, 11) is 1.27. The quantitative estimate of drug-likeness (QED) is 0.207. The second kappa shape index (κ2) is 8.37. The molecule has 0 aliphatic rings. The number of carbonyl (C=O) groups is 2. The van der Waals surface area contributed by atoms with Crippen molar-refractivity contribution >= 4 is 29.7 Å². The van der Waals surface area contributed by atoms with E-state index >= 15 is 0 Å². The Labute approximate surface area is 158 Å². The van der Waals surface area contributed by atoms with Gasteiger partial charge >= 0.3 is 5.97 Å². The minimum absolute atomic E-state index is 0.0458. The summed E-state index contributed by atoms with van der Waals surface area (Å²) in [4.78, 5) is 22.7. The predicted molar refractivity (Wildman–Crippen MR) is 94.8 cm³/mol. The van der Waals surface area contributed by atoms with E-state index in [0.29, 0.717) is 6.41 Å². The fourth-order valence-corrected chi connectivity index (χ4v) is 2.53. The van der Waals surface area contributed by atoms with Crippen LogP contribution in [0.1, 0.15) is 15.9 Å². The van der Waals surface area contributed by atoms with E-state index in [2.05, 4.69) is 5.32 Å². The zero-order valence-electron chi connectivity index (χ0n) is 14.0. The molecule has 0 spiro atoms. The van der Waals surface area contributed by atoms with Crippen molar-refractivity contribution < 1.29 is 39.5 Å².